The third kappa shape index (κ3) is 5.38. The minimum absolute atomic E-state index is 0.0999. The molecule has 2 aliphatic rings. The van der Waals surface area contributed by atoms with Crippen LogP contribution < -0.4 is 29.0 Å². The Hall–Kier alpha value is -4.33. The predicted molar refractivity (Wildman–Crippen MR) is 148 cm³/mol. The number of hydrogen-bond donors (Lipinski definition) is 2. The summed E-state index contributed by atoms with van der Waals surface area (Å²) in [7, 11) is 4.74. The van der Waals surface area contributed by atoms with Gasteiger partial charge in [0, 0.05) is 26.2 Å². The summed E-state index contributed by atoms with van der Waals surface area (Å²) in [5, 5.41) is 13.3. The van der Waals surface area contributed by atoms with Crippen molar-refractivity contribution in [1.82, 2.24) is 24.4 Å². The minimum atomic E-state index is -0.405. The molecule has 0 aliphatic carbocycles. The average Bonchev–Trinajstić information content (AvgIpc) is 3.66. The Morgan fingerprint density at radius 1 is 0.951 bits per heavy atom. The first-order chi connectivity index (χ1) is 20.1. The van der Waals surface area contributed by atoms with Gasteiger partial charge in [-0.1, -0.05) is 6.07 Å². The molecule has 2 aliphatic heterocycles. The first kappa shape index (κ1) is 26.9. The topological polar surface area (TPSA) is 134 Å². The third-order valence-corrected chi connectivity index (χ3v) is 7.13. The molecule has 4 heterocycles. The van der Waals surface area contributed by atoms with Crippen molar-refractivity contribution >= 4 is 17.0 Å². The summed E-state index contributed by atoms with van der Waals surface area (Å²) >= 11 is 0. The molecule has 0 amide bonds. The van der Waals surface area contributed by atoms with E-state index in [1.165, 1.54) is 6.33 Å². The number of fused-ring (bicyclic) bond motifs is 2. The number of anilines is 1. The highest BCUT2D eigenvalue weighted by Gasteiger charge is 2.30. The van der Waals surface area contributed by atoms with Gasteiger partial charge in [-0.3, -0.25) is 9.47 Å². The zero-order chi connectivity index (χ0) is 28.3. The Kier molecular flexibility index (Phi) is 7.63. The van der Waals surface area contributed by atoms with Crippen molar-refractivity contribution in [3.63, 3.8) is 0 Å². The molecule has 2 N–H and O–H groups in total. The molecule has 0 bridgehead atoms. The van der Waals surface area contributed by atoms with Crippen LogP contribution in [-0.2, 0) is 17.8 Å². The predicted octanol–water partition coefficient (Wildman–Crippen LogP) is 2.58. The second kappa shape index (κ2) is 11.6. The highest BCUT2D eigenvalue weighted by molar-refractivity contribution is 5.82. The standard InChI is InChI=1S/C28H32N6O7/c1-36-22-7-18(8-23(37-2)26(22)38-3)9-29-27-25-28(31-14-30-27)34(15-32-25)24-12-33(11-19(13-35)41-24)10-17-4-5-20-21(6-17)40-16-39-20/h4-8,14-15,19,24,35H,9-13,16H2,1-3H3,(H,29,30,31)/t19-,24+/m0/s1. The molecule has 0 spiro atoms. The van der Waals surface area contributed by atoms with E-state index in [9.17, 15) is 5.11 Å². The van der Waals surface area contributed by atoms with E-state index in [4.69, 9.17) is 28.4 Å². The smallest absolute Gasteiger partial charge is 0.231 e. The Labute approximate surface area is 236 Å². The molecule has 1 fully saturated rings. The number of aliphatic hydroxyl groups is 1. The maximum atomic E-state index is 9.99. The molecule has 0 saturated carbocycles. The lowest BCUT2D eigenvalue weighted by Crippen LogP contribution is -2.46. The van der Waals surface area contributed by atoms with E-state index in [0.717, 1.165) is 22.6 Å². The summed E-state index contributed by atoms with van der Waals surface area (Å²) < 4.78 is 35.5. The second-order valence-corrected chi connectivity index (χ2v) is 9.71. The van der Waals surface area contributed by atoms with Crippen molar-refractivity contribution in [1.29, 1.82) is 0 Å². The number of methoxy groups -OCH3 is 3. The average molecular weight is 565 g/mol. The molecule has 41 heavy (non-hydrogen) atoms. The molecule has 0 radical (unpaired) electrons. The number of aliphatic hydroxyl groups excluding tert-OH is 1. The molecule has 0 unspecified atom stereocenters. The molecule has 13 nitrogen and oxygen atoms in total. The van der Waals surface area contributed by atoms with Crippen LogP contribution in [0.2, 0.25) is 0 Å². The molecule has 13 heteroatoms. The summed E-state index contributed by atoms with van der Waals surface area (Å²) in [6.07, 6.45) is 2.43. The van der Waals surface area contributed by atoms with Gasteiger partial charge in [0.15, 0.2) is 40.0 Å². The highest BCUT2D eigenvalue weighted by atomic mass is 16.7. The molecular formula is C28H32N6O7. The molecule has 2 aromatic heterocycles. The first-order valence-corrected chi connectivity index (χ1v) is 13.2. The third-order valence-electron chi connectivity index (χ3n) is 7.13. The fourth-order valence-electron chi connectivity index (χ4n) is 5.19. The number of morpholine rings is 1. The molecular weight excluding hydrogens is 532 g/mol. The van der Waals surface area contributed by atoms with Crippen LogP contribution in [0.1, 0.15) is 17.4 Å². The Balaban J connectivity index is 1.21. The van der Waals surface area contributed by atoms with Crippen LogP contribution >= 0.6 is 0 Å². The van der Waals surface area contributed by atoms with Crippen molar-refractivity contribution in [2.75, 3.05) is 53.1 Å². The summed E-state index contributed by atoms with van der Waals surface area (Å²) in [5.41, 5.74) is 3.23. The van der Waals surface area contributed by atoms with E-state index in [2.05, 4.69) is 25.2 Å². The number of nitrogens with one attached hydrogen (secondary N) is 1. The lowest BCUT2D eigenvalue weighted by molar-refractivity contribution is -0.135. The molecule has 4 aromatic rings. The zero-order valence-corrected chi connectivity index (χ0v) is 23.1. The molecule has 216 valence electrons. The highest BCUT2D eigenvalue weighted by Crippen LogP contribution is 2.38. The van der Waals surface area contributed by atoms with E-state index in [0.29, 0.717) is 60.4 Å². The van der Waals surface area contributed by atoms with Crippen molar-refractivity contribution in [2.45, 2.75) is 25.4 Å². The van der Waals surface area contributed by atoms with Gasteiger partial charge in [-0.25, -0.2) is 15.0 Å². The van der Waals surface area contributed by atoms with Crippen molar-refractivity contribution in [3.05, 3.63) is 54.1 Å². The number of aromatic nitrogens is 4. The molecule has 2 atom stereocenters. The SMILES string of the molecule is COc1cc(CNc2ncnc3c2ncn3[C@H]2CN(Cc3ccc4c(c3)OCO4)C[C@@H](CO)O2)cc(OC)c1OC. The van der Waals surface area contributed by atoms with E-state index < -0.39 is 6.23 Å². The monoisotopic (exact) mass is 564 g/mol. The van der Waals surface area contributed by atoms with E-state index in [1.807, 2.05) is 34.9 Å². The van der Waals surface area contributed by atoms with Gasteiger partial charge in [-0.15, -0.1) is 0 Å². The summed E-state index contributed by atoms with van der Waals surface area (Å²) in [5.74, 6) is 3.74. The van der Waals surface area contributed by atoms with Crippen LogP contribution in [0.5, 0.6) is 28.7 Å². The van der Waals surface area contributed by atoms with E-state index in [-0.39, 0.29) is 19.5 Å². The van der Waals surface area contributed by atoms with Gasteiger partial charge < -0.3 is 38.8 Å². The van der Waals surface area contributed by atoms with Crippen molar-refractivity contribution < 1.29 is 33.5 Å². The van der Waals surface area contributed by atoms with Crippen LogP contribution in [0.15, 0.2) is 43.0 Å². The quantitative estimate of drug-likeness (QED) is 0.293. The number of imidazole rings is 1. The van der Waals surface area contributed by atoms with E-state index >= 15 is 0 Å². The van der Waals surface area contributed by atoms with Gasteiger partial charge in [0.25, 0.3) is 0 Å². The maximum absolute atomic E-state index is 9.99. The summed E-state index contributed by atoms with van der Waals surface area (Å²) in [6.45, 7) is 2.40. The van der Waals surface area contributed by atoms with Crippen LogP contribution in [-0.4, -0.2) is 83.4 Å². The molecule has 2 aromatic carbocycles. The normalized spacial score (nSPS) is 18.4. The van der Waals surface area contributed by atoms with Gasteiger partial charge in [0.1, 0.15) is 12.6 Å². The van der Waals surface area contributed by atoms with Crippen molar-refractivity contribution in [3.8, 4) is 28.7 Å². The second-order valence-electron chi connectivity index (χ2n) is 9.71. The van der Waals surface area contributed by atoms with E-state index in [1.54, 1.807) is 27.7 Å². The zero-order valence-electron chi connectivity index (χ0n) is 23.1. The van der Waals surface area contributed by atoms with Gasteiger partial charge >= 0.3 is 0 Å². The van der Waals surface area contributed by atoms with Crippen LogP contribution in [0, 0.1) is 0 Å². The fraction of sp³-hybridized carbons (Fsp3) is 0.393. The Morgan fingerprint density at radius 3 is 2.51 bits per heavy atom. The van der Waals surface area contributed by atoms with Gasteiger partial charge in [-0.05, 0) is 35.4 Å². The van der Waals surface area contributed by atoms with Gasteiger partial charge in [0.05, 0.1) is 40.4 Å². The largest absolute Gasteiger partial charge is 0.493 e. The molecule has 1 saturated heterocycles. The number of nitrogens with zero attached hydrogens (tertiary/aromatic N) is 5. The summed E-state index contributed by atoms with van der Waals surface area (Å²) in [4.78, 5) is 15.8. The lowest BCUT2D eigenvalue weighted by Gasteiger charge is -2.37. The number of ether oxygens (including phenoxy) is 6. The van der Waals surface area contributed by atoms with Gasteiger partial charge in [0.2, 0.25) is 12.5 Å². The van der Waals surface area contributed by atoms with Crippen LogP contribution in [0.3, 0.4) is 0 Å². The maximum Gasteiger partial charge on any atom is 0.231 e. The minimum Gasteiger partial charge on any atom is -0.493 e. The lowest BCUT2D eigenvalue weighted by atomic mass is 10.1. The summed E-state index contributed by atoms with van der Waals surface area (Å²) in [6, 6.07) is 9.70. The number of hydrogen-bond acceptors (Lipinski definition) is 12. The first-order valence-electron chi connectivity index (χ1n) is 13.2. The Morgan fingerprint density at radius 2 is 1.76 bits per heavy atom. The fourth-order valence-corrected chi connectivity index (χ4v) is 5.19. The number of benzene rings is 2. The Bertz CT molecular complexity index is 1500. The van der Waals surface area contributed by atoms with Crippen molar-refractivity contribution in [2.24, 2.45) is 0 Å². The van der Waals surface area contributed by atoms with Gasteiger partial charge in [-0.2, -0.15) is 0 Å². The van der Waals surface area contributed by atoms with Crippen LogP contribution in [0.25, 0.3) is 11.2 Å². The van der Waals surface area contributed by atoms with Crippen LogP contribution in [0.4, 0.5) is 5.82 Å². The molecule has 6 rings (SSSR count). The number of rotatable bonds is 10.